The normalized spacial score (nSPS) is 13.2. The molecule has 0 atom stereocenters. The first-order chi connectivity index (χ1) is 25.6. The predicted octanol–water partition coefficient (Wildman–Crippen LogP) is 15.0. The van der Waals surface area contributed by atoms with E-state index in [1.807, 2.05) is 0 Å². The number of hydrogen-bond acceptors (Lipinski definition) is 2. The zero-order valence-electron chi connectivity index (χ0n) is 34.1. The minimum absolute atomic E-state index is 0.781. The second-order valence-corrected chi connectivity index (χ2v) is 15.0. The van der Waals surface area contributed by atoms with Crippen LogP contribution in [0.15, 0.2) is 71.8 Å². The summed E-state index contributed by atoms with van der Waals surface area (Å²) in [5, 5.41) is 0. The van der Waals surface area contributed by atoms with Gasteiger partial charge in [0, 0.05) is 16.7 Å². The summed E-state index contributed by atoms with van der Waals surface area (Å²) in [6, 6.07) is 17.9. The van der Waals surface area contributed by atoms with Crippen LogP contribution in [0.4, 0.5) is 0 Å². The van der Waals surface area contributed by atoms with Crippen LogP contribution in [0.3, 0.4) is 0 Å². The molecule has 52 heavy (non-hydrogen) atoms. The maximum absolute atomic E-state index is 12.0. The van der Waals surface area contributed by atoms with Gasteiger partial charge in [0.2, 0.25) is 11.4 Å². The van der Waals surface area contributed by atoms with E-state index in [1.165, 1.54) is 117 Å². The van der Waals surface area contributed by atoms with Gasteiger partial charge < -0.3 is 5.53 Å². The Morgan fingerprint density at radius 1 is 0.558 bits per heavy atom. The summed E-state index contributed by atoms with van der Waals surface area (Å²) < 4.78 is 11.5. The summed E-state index contributed by atoms with van der Waals surface area (Å²) in [7, 11) is 0. The molecule has 0 saturated heterocycles. The van der Waals surface area contributed by atoms with E-state index in [1.54, 1.807) is 0 Å². The number of benzene rings is 2. The Hall–Kier alpha value is -2.33. The molecule has 1 aliphatic rings. The summed E-state index contributed by atoms with van der Waals surface area (Å²) in [4.78, 5) is 0. The Morgan fingerprint density at radius 3 is 1.52 bits per heavy atom. The van der Waals surface area contributed by atoms with Crippen molar-refractivity contribution in [2.24, 2.45) is 0 Å². The molecule has 2 aromatic carbocycles. The fourth-order valence-corrected chi connectivity index (χ4v) is 7.24. The topological polar surface area (TPSA) is 43.8 Å². The molecular formula is C47H74N2NiO2. The summed E-state index contributed by atoms with van der Waals surface area (Å²) in [5.74, 6) is 0. The van der Waals surface area contributed by atoms with Crippen LogP contribution in [-0.4, -0.2) is 17.9 Å². The Kier molecular flexibility index (Phi) is 26.5. The molecule has 0 amide bonds. The van der Waals surface area contributed by atoms with Gasteiger partial charge in [-0.1, -0.05) is 141 Å². The van der Waals surface area contributed by atoms with Crippen LogP contribution in [0.25, 0.3) is 16.9 Å². The molecule has 0 fully saturated rings. The first-order valence-corrected chi connectivity index (χ1v) is 22.0. The fraction of sp³-hybridized carbons (Fsp3) is 0.617. The third-order valence-electron chi connectivity index (χ3n) is 9.49. The van der Waals surface area contributed by atoms with Crippen LogP contribution < -0.4 is 0 Å². The second kappa shape index (κ2) is 30.1. The van der Waals surface area contributed by atoms with Gasteiger partial charge in [0.25, 0.3) is 0 Å². The zero-order valence-corrected chi connectivity index (χ0v) is 35.1. The average Bonchev–Trinajstić information content (AvgIpc) is 3.44. The third-order valence-corrected chi connectivity index (χ3v) is 10.1. The van der Waals surface area contributed by atoms with Crippen molar-refractivity contribution in [3.05, 3.63) is 99.6 Å². The van der Waals surface area contributed by atoms with Gasteiger partial charge in [-0.15, -0.1) is 0 Å². The van der Waals surface area contributed by atoms with Crippen LogP contribution >= 0.6 is 0 Å². The van der Waals surface area contributed by atoms with E-state index >= 15 is 0 Å². The van der Waals surface area contributed by atoms with Crippen LogP contribution in [0.2, 0.25) is 0 Å². The quantitative estimate of drug-likeness (QED) is 0.0493. The Balaban J connectivity index is 0.000000916. The molecule has 1 aliphatic heterocycles. The third kappa shape index (κ3) is 17.7. The van der Waals surface area contributed by atoms with Crippen molar-refractivity contribution in [1.82, 2.24) is 0 Å². The fourth-order valence-electron chi connectivity index (χ4n) is 6.59. The van der Waals surface area contributed by atoms with Gasteiger partial charge in [0.15, 0.2) is 0 Å². The van der Waals surface area contributed by atoms with Gasteiger partial charge in [-0.05, 0) is 80.3 Å². The second-order valence-electron chi connectivity index (χ2n) is 14.2. The molecule has 2 aromatic rings. The Morgan fingerprint density at radius 2 is 1.02 bits per heavy atom. The molecule has 3 rings (SSSR count). The molecule has 0 spiro atoms. The van der Waals surface area contributed by atoms with Gasteiger partial charge in [-0.3, -0.25) is 0 Å². The number of unbranched alkanes of at least 4 members (excludes halogenated alkanes) is 12. The number of hydrogen-bond donors (Lipinski definition) is 0. The molecule has 0 saturated carbocycles. The van der Waals surface area contributed by atoms with Crippen LogP contribution in [-0.2, 0) is 35.7 Å². The molecule has 5 heteroatoms. The van der Waals surface area contributed by atoms with E-state index in [0.717, 1.165) is 95.8 Å². The summed E-state index contributed by atoms with van der Waals surface area (Å²) >= 11 is 0.942. The van der Waals surface area contributed by atoms with Crippen LogP contribution in [0.5, 0.6) is 0 Å². The van der Waals surface area contributed by atoms with Crippen LogP contribution in [0.1, 0.15) is 186 Å². The molecule has 1 heterocycles. The SMILES string of the molecule is CCC=CC1=C(c2cccc(CCCCCCCC)c2)[N+](=[N-])C(c2cccc(CCCCCCCC)c2)=C1CCCCC.CCC[O][Ni][O]CCC. The minimum atomic E-state index is 0.781. The Bertz CT molecular complexity index is 1340. The summed E-state index contributed by atoms with van der Waals surface area (Å²) in [5.41, 5.74) is 21.4. The van der Waals surface area contributed by atoms with E-state index < -0.39 is 0 Å². The summed E-state index contributed by atoms with van der Waals surface area (Å²) in [6.45, 7) is 14.7. The van der Waals surface area contributed by atoms with E-state index in [-0.39, 0.29) is 0 Å². The summed E-state index contributed by atoms with van der Waals surface area (Å²) in [6.07, 6.45) is 30.0. The van der Waals surface area contributed by atoms with Crippen molar-refractivity contribution in [2.75, 3.05) is 13.2 Å². The molecule has 0 N–H and O–H groups in total. The Labute approximate surface area is 326 Å². The number of allylic oxidation sites excluding steroid dienone is 4. The van der Waals surface area contributed by atoms with Crippen molar-refractivity contribution in [3.63, 3.8) is 0 Å². The van der Waals surface area contributed by atoms with E-state index in [2.05, 4.69) is 102 Å². The molecule has 0 aliphatic carbocycles. The van der Waals surface area contributed by atoms with Crippen molar-refractivity contribution in [2.45, 2.75) is 176 Å². The molecule has 0 bridgehead atoms. The van der Waals surface area contributed by atoms with Crippen molar-refractivity contribution in [1.29, 1.82) is 0 Å². The van der Waals surface area contributed by atoms with Crippen LogP contribution in [0, 0.1) is 0 Å². The van der Waals surface area contributed by atoms with Gasteiger partial charge in [0.05, 0.1) is 5.57 Å². The molecule has 294 valence electrons. The van der Waals surface area contributed by atoms with Gasteiger partial charge in [0.1, 0.15) is 0 Å². The molecule has 0 radical (unpaired) electrons. The number of nitrogens with zero attached hydrogens (tertiary/aromatic N) is 2. The van der Waals surface area contributed by atoms with Crippen molar-refractivity contribution < 1.29 is 27.5 Å². The monoisotopic (exact) mass is 757 g/mol. The number of aryl methyl sites for hydroxylation is 2. The predicted molar refractivity (Wildman–Crippen MR) is 221 cm³/mol. The first-order valence-electron chi connectivity index (χ1n) is 21.2. The van der Waals surface area contributed by atoms with E-state index in [9.17, 15) is 5.53 Å². The van der Waals surface area contributed by atoms with Gasteiger partial charge in [-0.25, -0.2) is 4.70 Å². The molecule has 4 nitrogen and oxygen atoms in total. The molecular weight excluding hydrogens is 683 g/mol. The van der Waals surface area contributed by atoms with Crippen molar-refractivity contribution in [3.8, 4) is 0 Å². The first kappa shape index (κ1) is 45.8. The number of rotatable bonds is 28. The zero-order chi connectivity index (χ0) is 37.7. The van der Waals surface area contributed by atoms with E-state index in [4.69, 9.17) is 7.76 Å². The van der Waals surface area contributed by atoms with E-state index in [0.29, 0.717) is 0 Å². The average molecular weight is 758 g/mol. The standard InChI is InChI=1S/C41H60N2.2C3H7O.Ni/c1-5-9-13-15-17-20-24-34-26-22-28-36(32-34)40-38(30-12-8-4)39(31-19-11-7-3)41(43(40)42)37-29-23-27-35(33-37)25-21-18-16-14-10-6-2;2*1-2-3-4;/h12,22-23,26-30,32-33H,5-11,13-21,24-25,31H2,1-4H3;2*2-3H2,1H3;/q;2*-1;+2. The van der Waals surface area contributed by atoms with Crippen molar-refractivity contribution >= 4 is 11.4 Å². The maximum atomic E-state index is 12.0. The molecule has 0 aromatic heterocycles. The molecule has 0 unspecified atom stereocenters. The van der Waals surface area contributed by atoms with Gasteiger partial charge >= 0.3 is 62.7 Å². The van der Waals surface area contributed by atoms with Gasteiger partial charge in [-0.2, -0.15) is 0 Å².